The Bertz CT molecular complexity index is 627. The fourth-order valence-corrected chi connectivity index (χ4v) is 4.49. The number of benzene rings is 1. The number of nitrogens with one attached hydrogen (secondary N) is 1. The van der Waals surface area contributed by atoms with Gasteiger partial charge in [-0.25, -0.2) is 0 Å². The zero-order chi connectivity index (χ0) is 14.8. The van der Waals surface area contributed by atoms with Gasteiger partial charge >= 0.3 is 0 Å². The van der Waals surface area contributed by atoms with Crippen LogP contribution < -0.4 is 15.0 Å². The average Bonchev–Trinajstić information content (AvgIpc) is 3.07. The SMILES string of the molecule is c1cc2c(N3CCCCC3)ccc(OC3CCNCC3)c2s1. The van der Waals surface area contributed by atoms with Crippen molar-refractivity contribution in [2.45, 2.75) is 38.2 Å². The van der Waals surface area contributed by atoms with Gasteiger partial charge in [-0.15, -0.1) is 11.3 Å². The van der Waals surface area contributed by atoms with E-state index in [2.05, 4.69) is 33.8 Å². The largest absolute Gasteiger partial charge is 0.489 e. The summed E-state index contributed by atoms with van der Waals surface area (Å²) >= 11 is 1.81. The molecule has 22 heavy (non-hydrogen) atoms. The van der Waals surface area contributed by atoms with Gasteiger partial charge in [-0.2, -0.15) is 0 Å². The minimum Gasteiger partial charge on any atom is -0.489 e. The third kappa shape index (κ3) is 2.82. The highest BCUT2D eigenvalue weighted by atomic mass is 32.1. The van der Waals surface area contributed by atoms with Gasteiger partial charge in [0.05, 0.1) is 4.70 Å². The second-order valence-corrected chi connectivity index (χ2v) is 7.28. The molecule has 2 aliphatic rings. The Morgan fingerprint density at radius 2 is 1.86 bits per heavy atom. The monoisotopic (exact) mass is 316 g/mol. The van der Waals surface area contributed by atoms with E-state index < -0.39 is 0 Å². The van der Waals surface area contributed by atoms with Crippen LogP contribution in [0.4, 0.5) is 5.69 Å². The van der Waals surface area contributed by atoms with Crippen LogP contribution in [-0.4, -0.2) is 32.3 Å². The van der Waals surface area contributed by atoms with E-state index in [0.717, 1.165) is 31.7 Å². The molecule has 0 spiro atoms. The van der Waals surface area contributed by atoms with E-state index in [1.54, 1.807) is 0 Å². The number of hydrogen-bond acceptors (Lipinski definition) is 4. The van der Waals surface area contributed by atoms with Crippen molar-refractivity contribution in [1.82, 2.24) is 5.32 Å². The molecule has 1 aromatic heterocycles. The van der Waals surface area contributed by atoms with Gasteiger partial charge in [-0.05, 0) is 68.8 Å². The lowest BCUT2D eigenvalue weighted by Crippen LogP contribution is -2.34. The zero-order valence-corrected chi connectivity index (χ0v) is 13.8. The second kappa shape index (κ2) is 6.47. The maximum Gasteiger partial charge on any atom is 0.137 e. The lowest BCUT2D eigenvalue weighted by molar-refractivity contribution is 0.165. The van der Waals surface area contributed by atoms with Gasteiger partial charge in [0.15, 0.2) is 0 Å². The Morgan fingerprint density at radius 1 is 1.05 bits per heavy atom. The van der Waals surface area contributed by atoms with Crippen molar-refractivity contribution in [2.24, 2.45) is 0 Å². The van der Waals surface area contributed by atoms with E-state index in [1.807, 2.05) is 11.3 Å². The molecule has 0 unspecified atom stereocenters. The standard InChI is InChI=1S/C18H24N2OS/c1-2-11-20(12-3-1)16-4-5-17(18-15(16)8-13-22-18)21-14-6-9-19-10-7-14/h4-5,8,13-14,19H,1-3,6-7,9-12H2. The summed E-state index contributed by atoms with van der Waals surface area (Å²) in [5, 5.41) is 6.98. The highest BCUT2D eigenvalue weighted by Crippen LogP contribution is 2.39. The van der Waals surface area contributed by atoms with Crippen LogP contribution in [-0.2, 0) is 0 Å². The summed E-state index contributed by atoms with van der Waals surface area (Å²) < 4.78 is 7.64. The Balaban J connectivity index is 1.62. The first kappa shape index (κ1) is 14.3. The molecule has 2 fully saturated rings. The summed E-state index contributed by atoms with van der Waals surface area (Å²) in [7, 11) is 0. The predicted octanol–water partition coefficient (Wildman–Crippen LogP) is 4.02. The first-order valence-corrected chi connectivity index (χ1v) is 9.42. The number of hydrogen-bond donors (Lipinski definition) is 1. The van der Waals surface area contributed by atoms with Gasteiger partial charge in [0.2, 0.25) is 0 Å². The number of piperidine rings is 2. The third-order valence-corrected chi connectivity index (χ3v) is 5.76. The van der Waals surface area contributed by atoms with Crippen molar-refractivity contribution in [1.29, 1.82) is 0 Å². The van der Waals surface area contributed by atoms with E-state index >= 15 is 0 Å². The maximum atomic E-state index is 6.32. The van der Waals surface area contributed by atoms with Gasteiger partial charge in [0, 0.05) is 24.2 Å². The third-order valence-electron chi connectivity index (χ3n) is 4.83. The summed E-state index contributed by atoms with van der Waals surface area (Å²) in [6, 6.07) is 6.74. The van der Waals surface area contributed by atoms with Crippen LogP contribution in [0.15, 0.2) is 23.6 Å². The Labute approximate surface area is 136 Å². The molecule has 2 aliphatic heterocycles. The summed E-state index contributed by atoms with van der Waals surface area (Å²) in [5.41, 5.74) is 1.40. The zero-order valence-electron chi connectivity index (χ0n) is 13.0. The van der Waals surface area contributed by atoms with Crippen molar-refractivity contribution in [3.05, 3.63) is 23.6 Å². The predicted molar refractivity (Wildman–Crippen MR) is 94.4 cm³/mol. The van der Waals surface area contributed by atoms with Gasteiger partial charge in [0.25, 0.3) is 0 Å². The van der Waals surface area contributed by atoms with Gasteiger partial charge < -0.3 is 15.0 Å². The molecule has 1 aromatic carbocycles. The molecule has 3 heterocycles. The fourth-order valence-electron chi connectivity index (χ4n) is 3.62. The van der Waals surface area contributed by atoms with Crippen LogP contribution in [0.2, 0.25) is 0 Å². The fraction of sp³-hybridized carbons (Fsp3) is 0.556. The van der Waals surface area contributed by atoms with Crippen LogP contribution in [0.1, 0.15) is 32.1 Å². The van der Waals surface area contributed by atoms with Crippen LogP contribution in [0.25, 0.3) is 10.1 Å². The number of ether oxygens (including phenoxy) is 1. The smallest absolute Gasteiger partial charge is 0.137 e. The Kier molecular flexibility index (Phi) is 4.22. The van der Waals surface area contributed by atoms with Crippen molar-refractivity contribution >= 4 is 27.1 Å². The molecule has 1 N–H and O–H groups in total. The Morgan fingerprint density at radius 3 is 2.68 bits per heavy atom. The van der Waals surface area contributed by atoms with Crippen LogP contribution in [0.3, 0.4) is 0 Å². The minimum absolute atomic E-state index is 0.368. The lowest BCUT2D eigenvalue weighted by Gasteiger charge is -2.30. The number of fused-ring (bicyclic) bond motifs is 1. The molecule has 4 rings (SSSR count). The molecule has 0 amide bonds. The van der Waals surface area contributed by atoms with E-state index in [9.17, 15) is 0 Å². The normalized spacial score (nSPS) is 20.5. The maximum absolute atomic E-state index is 6.32. The first-order valence-electron chi connectivity index (χ1n) is 8.54. The Hall–Kier alpha value is -1.26. The number of thiophene rings is 1. The van der Waals surface area contributed by atoms with Crippen LogP contribution in [0, 0.1) is 0 Å². The average molecular weight is 316 g/mol. The second-order valence-electron chi connectivity index (χ2n) is 6.36. The molecule has 2 saturated heterocycles. The number of anilines is 1. The molecule has 0 saturated carbocycles. The molecule has 0 bridgehead atoms. The van der Waals surface area contributed by atoms with Gasteiger partial charge in [0.1, 0.15) is 11.9 Å². The highest BCUT2D eigenvalue weighted by molar-refractivity contribution is 7.17. The molecule has 0 aliphatic carbocycles. The summed E-state index contributed by atoms with van der Waals surface area (Å²) in [4.78, 5) is 2.55. The molecule has 4 heteroatoms. The molecule has 118 valence electrons. The first-order chi connectivity index (χ1) is 10.9. The quantitative estimate of drug-likeness (QED) is 0.925. The van der Waals surface area contributed by atoms with Crippen LogP contribution in [0.5, 0.6) is 5.75 Å². The van der Waals surface area contributed by atoms with E-state index in [1.165, 1.54) is 48.1 Å². The van der Waals surface area contributed by atoms with Crippen molar-refractivity contribution in [2.75, 3.05) is 31.1 Å². The van der Waals surface area contributed by atoms with Gasteiger partial charge in [-0.1, -0.05) is 0 Å². The topological polar surface area (TPSA) is 24.5 Å². The molecule has 0 radical (unpaired) electrons. The van der Waals surface area contributed by atoms with Crippen molar-refractivity contribution < 1.29 is 4.74 Å². The molecular weight excluding hydrogens is 292 g/mol. The summed E-state index contributed by atoms with van der Waals surface area (Å²) in [5.74, 6) is 1.08. The molecule has 3 nitrogen and oxygen atoms in total. The van der Waals surface area contributed by atoms with E-state index in [4.69, 9.17) is 4.74 Å². The summed E-state index contributed by atoms with van der Waals surface area (Å²) in [6.45, 7) is 4.53. The molecular formula is C18H24N2OS. The molecule has 2 aromatic rings. The summed E-state index contributed by atoms with van der Waals surface area (Å²) in [6.07, 6.45) is 6.60. The number of rotatable bonds is 3. The van der Waals surface area contributed by atoms with Crippen molar-refractivity contribution in [3.8, 4) is 5.75 Å². The number of nitrogens with zero attached hydrogens (tertiary/aromatic N) is 1. The lowest BCUT2D eigenvalue weighted by atomic mass is 10.1. The van der Waals surface area contributed by atoms with E-state index in [-0.39, 0.29) is 0 Å². The minimum atomic E-state index is 0.368. The van der Waals surface area contributed by atoms with E-state index in [0.29, 0.717) is 6.10 Å². The highest BCUT2D eigenvalue weighted by Gasteiger charge is 2.19. The molecule has 0 atom stereocenters. The van der Waals surface area contributed by atoms with Crippen LogP contribution >= 0.6 is 11.3 Å². The van der Waals surface area contributed by atoms with Gasteiger partial charge in [-0.3, -0.25) is 0 Å². The van der Waals surface area contributed by atoms with Crippen molar-refractivity contribution in [3.63, 3.8) is 0 Å².